The normalized spacial score (nSPS) is 10.1. The largest absolute Gasteiger partial charge is 0.392 e. The second-order valence-electron chi connectivity index (χ2n) is 3.59. The Kier molecular flexibility index (Phi) is 5.25. The first-order chi connectivity index (χ1) is 8.13. The molecular formula is C12H17ClN2O2. The summed E-state index contributed by atoms with van der Waals surface area (Å²) in [6, 6.07) is 5.33. The van der Waals surface area contributed by atoms with E-state index in [1.54, 1.807) is 25.2 Å². The van der Waals surface area contributed by atoms with Gasteiger partial charge in [-0.1, -0.05) is 23.7 Å². The van der Waals surface area contributed by atoms with Crippen LogP contribution in [0.25, 0.3) is 0 Å². The van der Waals surface area contributed by atoms with E-state index in [0.717, 1.165) is 11.3 Å². The molecule has 0 aliphatic rings. The molecule has 0 saturated heterocycles. The molecule has 0 atom stereocenters. The lowest BCUT2D eigenvalue weighted by Crippen LogP contribution is -2.36. The van der Waals surface area contributed by atoms with Crippen LogP contribution in [0.5, 0.6) is 0 Å². The highest BCUT2D eigenvalue weighted by Crippen LogP contribution is 2.29. The van der Waals surface area contributed by atoms with Gasteiger partial charge in [0.1, 0.15) is 0 Å². The Morgan fingerprint density at radius 1 is 1.53 bits per heavy atom. The van der Waals surface area contributed by atoms with Gasteiger partial charge in [-0.15, -0.1) is 0 Å². The van der Waals surface area contributed by atoms with E-state index < -0.39 is 0 Å². The molecule has 17 heavy (non-hydrogen) atoms. The summed E-state index contributed by atoms with van der Waals surface area (Å²) in [7, 11) is 1.59. The molecule has 1 aromatic carbocycles. The molecule has 0 fully saturated rings. The standard InChI is InChI=1S/C12H17ClN2O2/c1-3-15(7-11(17)14-2)12-9(8-16)5-4-6-10(12)13/h4-6,16H,3,7-8H2,1-2H3,(H,14,17). The summed E-state index contributed by atoms with van der Waals surface area (Å²) in [6.07, 6.45) is 0. The summed E-state index contributed by atoms with van der Waals surface area (Å²) < 4.78 is 0. The van der Waals surface area contributed by atoms with Crippen LogP contribution in [-0.4, -0.2) is 31.2 Å². The quantitative estimate of drug-likeness (QED) is 0.838. The Morgan fingerprint density at radius 2 is 2.24 bits per heavy atom. The average Bonchev–Trinajstić information content (AvgIpc) is 2.35. The van der Waals surface area contributed by atoms with Crippen molar-refractivity contribution in [3.63, 3.8) is 0 Å². The maximum absolute atomic E-state index is 11.4. The maximum Gasteiger partial charge on any atom is 0.239 e. The number of carbonyl (C=O) groups excluding carboxylic acids is 1. The van der Waals surface area contributed by atoms with Gasteiger partial charge >= 0.3 is 0 Å². The molecule has 0 aliphatic carbocycles. The zero-order valence-corrected chi connectivity index (χ0v) is 10.8. The number of nitrogens with zero attached hydrogens (tertiary/aromatic N) is 1. The summed E-state index contributed by atoms with van der Waals surface area (Å²) >= 11 is 6.12. The van der Waals surface area contributed by atoms with Gasteiger partial charge in [0.2, 0.25) is 5.91 Å². The summed E-state index contributed by atoms with van der Waals surface area (Å²) in [4.78, 5) is 13.2. The Bertz CT molecular complexity index is 396. The van der Waals surface area contributed by atoms with Crippen LogP contribution in [0.15, 0.2) is 18.2 Å². The highest BCUT2D eigenvalue weighted by molar-refractivity contribution is 6.33. The Hall–Kier alpha value is -1.26. The van der Waals surface area contributed by atoms with Gasteiger partial charge in [0.25, 0.3) is 0 Å². The maximum atomic E-state index is 11.4. The molecule has 0 spiro atoms. The van der Waals surface area contributed by atoms with Crippen molar-refractivity contribution < 1.29 is 9.90 Å². The number of hydrogen-bond donors (Lipinski definition) is 2. The third-order valence-corrected chi connectivity index (χ3v) is 2.86. The molecule has 1 amide bonds. The van der Waals surface area contributed by atoms with Crippen LogP contribution in [0.3, 0.4) is 0 Å². The molecule has 94 valence electrons. The van der Waals surface area contributed by atoms with Gasteiger partial charge in [-0.25, -0.2) is 0 Å². The molecule has 0 unspecified atom stereocenters. The number of anilines is 1. The Morgan fingerprint density at radius 3 is 2.76 bits per heavy atom. The molecule has 0 aromatic heterocycles. The first kappa shape index (κ1) is 13.8. The highest BCUT2D eigenvalue weighted by Gasteiger charge is 2.15. The number of halogens is 1. The van der Waals surface area contributed by atoms with E-state index in [1.807, 2.05) is 11.8 Å². The number of carbonyl (C=O) groups is 1. The third-order valence-electron chi connectivity index (χ3n) is 2.55. The number of para-hydroxylation sites is 1. The summed E-state index contributed by atoms with van der Waals surface area (Å²) in [6.45, 7) is 2.71. The second-order valence-corrected chi connectivity index (χ2v) is 4.00. The van der Waals surface area contributed by atoms with Crippen molar-refractivity contribution in [2.45, 2.75) is 13.5 Å². The van der Waals surface area contributed by atoms with Crippen LogP contribution in [-0.2, 0) is 11.4 Å². The minimum absolute atomic E-state index is 0.0874. The van der Waals surface area contributed by atoms with E-state index in [1.165, 1.54) is 0 Å². The molecule has 5 heteroatoms. The number of aliphatic hydroxyl groups is 1. The van der Waals surface area contributed by atoms with E-state index in [-0.39, 0.29) is 19.1 Å². The van der Waals surface area contributed by atoms with Crippen LogP contribution in [0.4, 0.5) is 5.69 Å². The first-order valence-electron chi connectivity index (χ1n) is 5.47. The monoisotopic (exact) mass is 256 g/mol. The number of likely N-dealkylation sites (N-methyl/N-ethyl adjacent to an activating group) is 2. The lowest BCUT2D eigenvalue weighted by molar-refractivity contribution is -0.119. The smallest absolute Gasteiger partial charge is 0.239 e. The zero-order valence-electron chi connectivity index (χ0n) is 10.0. The molecule has 2 N–H and O–H groups in total. The minimum atomic E-state index is -0.0971. The first-order valence-corrected chi connectivity index (χ1v) is 5.85. The van der Waals surface area contributed by atoms with Gasteiger partial charge in [0.05, 0.1) is 23.9 Å². The van der Waals surface area contributed by atoms with E-state index >= 15 is 0 Å². The topological polar surface area (TPSA) is 52.6 Å². The van der Waals surface area contributed by atoms with Gasteiger partial charge in [-0.05, 0) is 13.0 Å². The van der Waals surface area contributed by atoms with Gasteiger partial charge in [0.15, 0.2) is 0 Å². The number of hydrogen-bond acceptors (Lipinski definition) is 3. The molecule has 0 saturated carbocycles. The van der Waals surface area contributed by atoms with Gasteiger partial charge < -0.3 is 15.3 Å². The number of amides is 1. The molecule has 1 rings (SSSR count). The molecule has 0 radical (unpaired) electrons. The lowest BCUT2D eigenvalue weighted by Gasteiger charge is -2.25. The van der Waals surface area contributed by atoms with Gasteiger partial charge in [0, 0.05) is 19.2 Å². The fraction of sp³-hybridized carbons (Fsp3) is 0.417. The molecule has 0 heterocycles. The number of nitrogens with one attached hydrogen (secondary N) is 1. The van der Waals surface area contributed by atoms with E-state index in [2.05, 4.69) is 5.32 Å². The zero-order chi connectivity index (χ0) is 12.8. The SMILES string of the molecule is CCN(CC(=O)NC)c1c(Cl)cccc1CO. The highest BCUT2D eigenvalue weighted by atomic mass is 35.5. The Balaban J connectivity index is 3.06. The van der Waals surface area contributed by atoms with Crippen molar-refractivity contribution in [2.24, 2.45) is 0 Å². The lowest BCUT2D eigenvalue weighted by atomic mass is 10.1. The van der Waals surface area contributed by atoms with E-state index in [0.29, 0.717) is 11.6 Å². The van der Waals surface area contributed by atoms with Crippen molar-refractivity contribution in [1.82, 2.24) is 5.32 Å². The van der Waals surface area contributed by atoms with Crippen LogP contribution >= 0.6 is 11.6 Å². The van der Waals surface area contributed by atoms with Crippen molar-refractivity contribution in [2.75, 3.05) is 25.0 Å². The van der Waals surface area contributed by atoms with Crippen molar-refractivity contribution in [1.29, 1.82) is 0 Å². The third kappa shape index (κ3) is 3.35. The van der Waals surface area contributed by atoms with Crippen LogP contribution < -0.4 is 10.2 Å². The molecule has 0 bridgehead atoms. The molecular weight excluding hydrogens is 240 g/mol. The van der Waals surface area contributed by atoms with Gasteiger partial charge in [-0.2, -0.15) is 0 Å². The van der Waals surface area contributed by atoms with E-state index in [9.17, 15) is 9.90 Å². The molecule has 1 aromatic rings. The average molecular weight is 257 g/mol. The number of rotatable bonds is 5. The van der Waals surface area contributed by atoms with Gasteiger partial charge in [-0.3, -0.25) is 4.79 Å². The van der Waals surface area contributed by atoms with Crippen LogP contribution in [0, 0.1) is 0 Å². The fourth-order valence-electron chi connectivity index (χ4n) is 1.64. The molecule has 4 nitrogen and oxygen atoms in total. The number of benzene rings is 1. The molecule has 0 aliphatic heterocycles. The predicted molar refractivity (Wildman–Crippen MR) is 69.3 cm³/mol. The van der Waals surface area contributed by atoms with E-state index in [4.69, 9.17) is 11.6 Å². The fourth-order valence-corrected chi connectivity index (χ4v) is 1.96. The second kappa shape index (κ2) is 6.47. The number of aliphatic hydroxyl groups excluding tert-OH is 1. The van der Waals surface area contributed by atoms with Crippen molar-refractivity contribution >= 4 is 23.2 Å². The van der Waals surface area contributed by atoms with Crippen LogP contribution in [0.1, 0.15) is 12.5 Å². The van der Waals surface area contributed by atoms with Crippen molar-refractivity contribution in [3.8, 4) is 0 Å². The summed E-state index contributed by atoms with van der Waals surface area (Å²) in [5, 5.41) is 12.4. The van der Waals surface area contributed by atoms with Crippen molar-refractivity contribution in [3.05, 3.63) is 28.8 Å². The summed E-state index contributed by atoms with van der Waals surface area (Å²) in [5.74, 6) is -0.0874. The predicted octanol–water partition coefficient (Wildman–Crippen LogP) is 1.40. The van der Waals surface area contributed by atoms with Crippen LogP contribution in [0.2, 0.25) is 5.02 Å². The minimum Gasteiger partial charge on any atom is -0.392 e. The summed E-state index contributed by atoms with van der Waals surface area (Å²) in [5.41, 5.74) is 1.45. The Labute approximate surface area is 106 Å².